The molecule has 3 aromatic carbocycles. The van der Waals surface area contributed by atoms with Gasteiger partial charge in [0, 0.05) is 23.8 Å². The first-order valence-electron chi connectivity index (χ1n) is 12.4. The highest BCUT2D eigenvalue weighted by Crippen LogP contribution is 2.33. The summed E-state index contributed by atoms with van der Waals surface area (Å²) in [5.74, 6) is -0.760. The first-order chi connectivity index (χ1) is 17.4. The van der Waals surface area contributed by atoms with Crippen molar-refractivity contribution >= 4 is 17.6 Å². The Hall–Kier alpha value is -3.71. The van der Waals surface area contributed by atoms with E-state index in [1.807, 2.05) is 24.3 Å². The molecule has 186 valence electrons. The maximum absolute atomic E-state index is 13.4. The number of hydrogen-bond donors (Lipinski definition) is 3. The lowest BCUT2D eigenvalue weighted by Gasteiger charge is -2.37. The Morgan fingerprint density at radius 2 is 1.72 bits per heavy atom. The maximum atomic E-state index is 13.4. The number of urea groups is 1. The molecule has 1 heterocycles. The third-order valence-electron chi connectivity index (χ3n) is 7.35. The summed E-state index contributed by atoms with van der Waals surface area (Å²) in [6.07, 6.45) is 4.53. The van der Waals surface area contributed by atoms with E-state index in [1.54, 1.807) is 24.3 Å². The van der Waals surface area contributed by atoms with E-state index in [0.29, 0.717) is 17.3 Å². The van der Waals surface area contributed by atoms with E-state index < -0.39 is 11.4 Å². The highest BCUT2D eigenvalue weighted by atomic mass is 19.1. The van der Waals surface area contributed by atoms with Crippen molar-refractivity contribution in [3.63, 3.8) is 0 Å². The number of likely N-dealkylation sites (tertiary alicyclic amines) is 1. The molecule has 4 N–H and O–H groups in total. The van der Waals surface area contributed by atoms with Crippen LogP contribution in [-0.4, -0.2) is 41.5 Å². The molecule has 6 nitrogen and oxygen atoms in total. The van der Waals surface area contributed by atoms with Crippen LogP contribution in [0.1, 0.15) is 39.9 Å². The van der Waals surface area contributed by atoms with Gasteiger partial charge in [0.25, 0.3) is 0 Å². The molecule has 3 aromatic rings. The molecule has 1 aliphatic heterocycles. The Balaban J connectivity index is 1.33. The van der Waals surface area contributed by atoms with E-state index in [4.69, 9.17) is 5.73 Å². The molecule has 2 aliphatic rings. The van der Waals surface area contributed by atoms with E-state index in [0.717, 1.165) is 50.8 Å². The Labute approximate surface area is 210 Å². The van der Waals surface area contributed by atoms with Gasteiger partial charge in [0.05, 0.1) is 5.54 Å². The molecule has 36 heavy (non-hydrogen) atoms. The SMILES string of the molecule is NC(=O)c1cccc(NC(=O)NC2(CN3CCCC3Cc3ccc(F)cc3)Cc3ccccc3C2)c1. The van der Waals surface area contributed by atoms with Gasteiger partial charge in [-0.05, 0) is 85.7 Å². The van der Waals surface area contributed by atoms with Gasteiger partial charge in [0.15, 0.2) is 0 Å². The van der Waals surface area contributed by atoms with Crippen LogP contribution in [0, 0.1) is 5.82 Å². The zero-order valence-corrected chi connectivity index (χ0v) is 20.2. The van der Waals surface area contributed by atoms with Gasteiger partial charge < -0.3 is 16.4 Å². The number of fused-ring (bicyclic) bond motifs is 1. The minimum atomic E-state index is -0.539. The molecule has 0 saturated carbocycles. The van der Waals surface area contributed by atoms with Crippen molar-refractivity contribution in [1.29, 1.82) is 0 Å². The van der Waals surface area contributed by atoms with Gasteiger partial charge in [-0.1, -0.05) is 42.5 Å². The molecule has 7 heteroatoms. The lowest BCUT2D eigenvalue weighted by atomic mass is 9.93. The van der Waals surface area contributed by atoms with Gasteiger partial charge in [-0.15, -0.1) is 0 Å². The van der Waals surface area contributed by atoms with Crippen LogP contribution in [-0.2, 0) is 19.3 Å². The van der Waals surface area contributed by atoms with Crippen LogP contribution in [0.4, 0.5) is 14.9 Å². The first kappa shape index (κ1) is 24.0. The average Bonchev–Trinajstić information content (AvgIpc) is 3.44. The molecule has 1 unspecified atom stereocenters. The Kier molecular flexibility index (Phi) is 6.74. The second-order valence-corrected chi connectivity index (χ2v) is 10.0. The van der Waals surface area contributed by atoms with E-state index in [1.165, 1.54) is 23.3 Å². The molecule has 0 bridgehead atoms. The summed E-state index contributed by atoms with van der Waals surface area (Å²) in [5.41, 5.74) is 9.42. The molecule has 0 aromatic heterocycles. The Morgan fingerprint density at radius 1 is 1.00 bits per heavy atom. The minimum Gasteiger partial charge on any atom is -0.366 e. The van der Waals surface area contributed by atoms with Gasteiger partial charge in [-0.2, -0.15) is 0 Å². The minimum absolute atomic E-state index is 0.221. The lowest BCUT2D eigenvalue weighted by molar-refractivity contribution is 0.1000. The van der Waals surface area contributed by atoms with Gasteiger partial charge >= 0.3 is 6.03 Å². The molecule has 1 atom stereocenters. The topological polar surface area (TPSA) is 87.5 Å². The van der Waals surface area contributed by atoms with Crippen LogP contribution in [0.5, 0.6) is 0 Å². The standard InChI is InChI=1S/C29H31FN4O2/c30-24-12-10-20(11-13-24)15-26-9-4-14-34(26)19-29(17-22-5-1-2-6-23(22)18-29)33-28(36)32-25-8-3-7-21(16-25)27(31)35/h1-3,5-8,10-13,16,26H,4,9,14-15,17-19H2,(H2,31,35)(H2,32,33,36). The smallest absolute Gasteiger partial charge is 0.319 e. The number of nitrogens with two attached hydrogens (primary N) is 1. The van der Waals surface area contributed by atoms with Gasteiger partial charge in [-0.3, -0.25) is 9.69 Å². The number of nitrogens with one attached hydrogen (secondary N) is 2. The van der Waals surface area contributed by atoms with Gasteiger partial charge in [0.1, 0.15) is 5.82 Å². The van der Waals surface area contributed by atoms with Crippen molar-refractivity contribution in [3.05, 3.63) is 101 Å². The summed E-state index contributed by atoms with van der Waals surface area (Å²) in [5, 5.41) is 6.18. The number of benzene rings is 3. The Bertz CT molecular complexity index is 1240. The first-order valence-corrected chi connectivity index (χ1v) is 12.4. The van der Waals surface area contributed by atoms with Crippen LogP contribution in [0.3, 0.4) is 0 Å². The fourth-order valence-corrected chi connectivity index (χ4v) is 5.70. The summed E-state index contributed by atoms with van der Waals surface area (Å²) >= 11 is 0. The summed E-state index contributed by atoms with van der Waals surface area (Å²) in [6, 6.07) is 21.8. The number of nitrogens with zero attached hydrogens (tertiary/aromatic N) is 1. The van der Waals surface area contributed by atoms with Crippen molar-refractivity contribution in [1.82, 2.24) is 10.2 Å². The summed E-state index contributed by atoms with van der Waals surface area (Å²) < 4.78 is 13.4. The molecule has 1 aliphatic carbocycles. The van der Waals surface area contributed by atoms with E-state index in [-0.39, 0.29) is 11.8 Å². The predicted octanol–water partition coefficient (Wildman–Crippen LogP) is 4.29. The van der Waals surface area contributed by atoms with Crippen LogP contribution < -0.4 is 16.4 Å². The number of carbonyl (C=O) groups is 2. The van der Waals surface area contributed by atoms with E-state index >= 15 is 0 Å². The summed E-state index contributed by atoms with van der Waals surface area (Å²) in [7, 11) is 0. The normalized spacial score (nSPS) is 18.5. The van der Waals surface area contributed by atoms with Crippen molar-refractivity contribution in [2.24, 2.45) is 5.73 Å². The van der Waals surface area contributed by atoms with Crippen LogP contribution in [0.2, 0.25) is 0 Å². The third kappa shape index (κ3) is 5.41. The molecule has 3 amide bonds. The molecule has 1 saturated heterocycles. The molecule has 1 fully saturated rings. The van der Waals surface area contributed by atoms with E-state index in [9.17, 15) is 14.0 Å². The van der Waals surface area contributed by atoms with Crippen LogP contribution >= 0.6 is 0 Å². The van der Waals surface area contributed by atoms with Gasteiger partial charge in [0.2, 0.25) is 5.91 Å². The monoisotopic (exact) mass is 486 g/mol. The summed E-state index contributed by atoms with van der Waals surface area (Å²) in [4.78, 5) is 27.2. The largest absolute Gasteiger partial charge is 0.366 e. The van der Waals surface area contributed by atoms with Crippen molar-refractivity contribution < 1.29 is 14.0 Å². The zero-order chi connectivity index (χ0) is 25.1. The Morgan fingerprint density at radius 3 is 2.42 bits per heavy atom. The van der Waals surface area contributed by atoms with Crippen molar-refractivity contribution in [2.75, 3.05) is 18.4 Å². The maximum Gasteiger partial charge on any atom is 0.319 e. The number of hydrogen-bond acceptors (Lipinski definition) is 3. The lowest BCUT2D eigenvalue weighted by Crippen LogP contribution is -2.58. The number of rotatable bonds is 7. The number of primary amides is 1. The van der Waals surface area contributed by atoms with E-state index in [2.05, 4.69) is 27.7 Å². The average molecular weight is 487 g/mol. The second-order valence-electron chi connectivity index (χ2n) is 10.0. The van der Waals surface area contributed by atoms with Crippen LogP contribution in [0.25, 0.3) is 0 Å². The molecule has 0 radical (unpaired) electrons. The molecular weight excluding hydrogens is 455 g/mol. The summed E-state index contributed by atoms with van der Waals surface area (Å²) in [6.45, 7) is 1.69. The van der Waals surface area contributed by atoms with Crippen molar-refractivity contribution in [3.8, 4) is 0 Å². The quantitative estimate of drug-likeness (QED) is 0.466. The number of amides is 3. The number of carbonyl (C=O) groups excluding carboxylic acids is 2. The molecular formula is C29H31FN4O2. The highest BCUT2D eigenvalue weighted by Gasteiger charge is 2.42. The fraction of sp³-hybridized carbons (Fsp3) is 0.310. The third-order valence-corrected chi connectivity index (χ3v) is 7.35. The molecule has 0 spiro atoms. The van der Waals surface area contributed by atoms with Crippen LogP contribution in [0.15, 0.2) is 72.8 Å². The molecule has 5 rings (SSSR count). The second kappa shape index (κ2) is 10.1. The fourth-order valence-electron chi connectivity index (χ4n) is 5.70. The number of halogens is 1. The van der Waals surface area contributed by atoms with Gasteiger partial charge in [-0.25, -0.2) is 9.18 Å². The van der Waals surface area contributed by atoms with Crippen molar-refractivity contribution in [2.45, 2.75) is 43.7 Å². The predicted molar refractivity (Wildman–Crippen MR) is 138 cm³/mol. The number of anilines is 1. The highest BCUT2D eigenvalue weighted by molar-refractivity contribution is 5.96. The zero-order valence-electron chi connectivity index (χ0n) is 20.2.